The molecule has 1 heterocycles. The maximum atomic E-state index is 6.02. The molecule has 1 atom stereocenters. The summed E-state index contributed by atoms with van der Waals surface area (Å²) >= 11 is 16.9. The molecule has 0 aliphatic heterocycles. The Bertz CT molecular complexity index is 273. The minimum atomic E-state index is 0.351. The summed E-state index contributed by atoms with van der Waals surface area (Å²) in [5.74, 6) is 0. The largest absolute Gasteiger partial charge is 0.111 e. The third kappa shape index (κ3) is 3.43. The zero-order valence-corrected chi connectivity index (χ0v) is 11.2. The van der Waals surface area contributed by atoms with E-state index in [1.807, 2.05) is 6.07 Å². The second kappa shape index (κ2) is 5.59. The van der Waals surface area contributed by atoms with Gasteiger partial charge in [0.25, 0.3) is 0 Å². The highest BCUT2D eigenvalue weighted by atomic mass is 79.9. The van der Waals surface area contributed by atoms with Crippen molar-refractivity contribution in [2.24, 2.45) is 0 Å². The van der Waals surface area contributed by atoms with Gasteiger partial charge in [-0.15, -0.1) is 11.3 Å². The van der Waals surface area contributed by atoms with Gasteiger partial charge in [-0.2, -0.15) is 0 Å². The summed E-state index contributed by atoms with van der Waals surface area (Å²) in [6, 6.07) is 1.95. The van der Waals surface area contributed by atoms with E-state index < -0.39 is 0 Å². The van der Waals surface area contributed by atoms with Crippen molar-refractivity contribution in [3.8, 4) is 0 Å². The van der Waals surface area contributed by atoms with Crippen molar-refractivity contribution >= 4 is 50.5 Å². The lowest BCUT2D eigenvalue weighted by molar-refractivity contribution is 0.714. The molecule has 1 aromatic heterocycles. The zero-order valence-electron chi connectivity index (χ0n) is 7.32. The Balaban J connectivity index is 2.64. The fourth-order valence-electron chi connectivity index (χ4n) is 1.11. The van der Waals surface area contributed by atoms with Gasteiger partial charge in [0.1, 0.15) is 0 Å². The number of unbranched alkanes of at least 4 members (excludes halogenated alkanes) is 1. The van der Waals surface area contributed by atoms with Crippen molar-refractivity contribution in [3.63, 3.8) is 0 Å². The number of hydrogen-bond acceptors (Lipinski definition) is 1. The van der Waals surface area contributed by atoms with Crippen LogP contribution in [0.2, 0.25) is 8.67 Å². The lowest BCUT2D eigenvalue weighted by Gasteiger charge is -2.06. The molecule has 74 valence electrons. The second-order valence-corrected chi connectivity index (χ2v) is 6.28. The highest BCUT2D eigenvalue weighted by Gasteiger charge is 2.13. The van der Waals surface area contributed by atoms with Crippen molar-refractivity contribution in [2.75, 3.05) is 0 Å². The van der Waals surface area contributed by atoms with Crippen LogP contribution in [0.5, 0.6) is 0 Å². The molecular weight excluding hydrogens is 291 g/mol. The monoisotopic (exact) mass is 300 g/mol. The average molecular weight is 302 g/mol. The molecule has 0 bridgehead atoms. The summed E-state index contributed by atoms with van der Waals surface area (Å²) in [6.45, 7) is 2.18. The van der Waals surface area contributed by atoms with Gasteiger partial charge in [0.05, 0.1) is 8.67 Å². The third-order valence-corrected chi connectivity index (χ3v) is 4.30. The molecule has 1 rings (SSSR count). The van der Waals surface area contributed by atoms with E-state index in [2.05, 4.69) is 22.9 Å². The van der Waals surface area contributed by atoms with Crippen LogP contribution >= 0.6 is 50.5 Å². The Morgan fingerprint density at radius 2 is 2.23 bits per heavy atom. The molecule has 0 saturated carbocycles. The Labute approximate surface area is 101 Å². The fourth-order valence-corrected chi connectivity index (χ4v) is 3.65. The van der Waals surface area contributed by atoms with Crippen molar-refractivity contribution < 1.29 is 0 Å². The standard InChI is InChI=1S/C9H11BrCl2S/c1-2-3-4-7(10)6-5-8(11)13-9(6)12/h5,7H,2-4H2,1H3. The van der Waals surface area contributed by atoms with E-state index in [1.54, 1.807) is 0 Å². The molecule has 4 heteroatoms. The van der Waals surface area contributed by atoms with Crippen molar-refractivity contribution in [1.82, 2.24) is 0 Å². The van der Waals surface area contributed by atoms with Crippen LogP contribution in [0.15, 0.2) is 6.07 Å². The van der Waals surface area contributed by atoms with Crippen LogP contribution in [-0.4, -0.2) is 0 Å². The first-order chi connectivity index (χ1) is 6.15. The summed E-state index contributed by atoms with van der Waals surface area (Å²) in [5.41, 5.74) is 1.13. The SMILES string of the molecule is CCCCC(Br)c1cc(Cl)sc1Cl. The summed E-state index contributed by atoms with van der Waals surface area (Å²) in [6.07, 6.45) is 3.53. The Morgan fingerprint density at radius 1 is 1.54 bits per heavy atom. The van der Waals surface area contributed by atoms with E-state index in [9.17, 15) is 0 Å². The van der Waals surface area contributed by atoms with E-state index in [0.29, 0.717) is 4.83 Å². The van der Waals surface area contributed by atoms with Crippen LogP contribution in [0.3, 0.4) is 0 Å². The van der Waals surface area contributed by atoms with Gasteiger partial charge in [0.15, 0.2) is 0 Å². The second-order valence-electron chi connectivity index (χ2n) is 2.89. The smallest absolute Gasteiger partial charge is 0.0987 e. The number of hydrogen-bond donors (Lipinski definition) is 0. The molecular formula is C9H11BrCl2S. The van der Waals surface area contributed by atoms with Crippen molar-refractivity contribution in [1.29, 1.82) is 0 Å². The van der Waals surface area contributed by atoms with Crippen LogP contribution in [0, 0.1) is 0 Å². The lowest BCUT2D eigenvalue weighted by Crippen LogP contribution is -1.87. The van der Waals surface area contributed by atoms with Crippen LogP contribution in [-0.2, 0) is 0 Å². The molecule has 0 nitrogen and oxygen atoms in total. The van der Waals surface area contributed by atoms with Crippen LogP contribution in [0.4, 0.5) is 0 Å². The maximum Gasteiger partial charge on any atom is 0.0987 e. The summed E-state index contributed by atoms with van der Waals surface area (Å²) in [4.78, 5) is 0.351. The van der Waals surface area contributed by atoms with Gasteiger partial charge in [-0.3, -0.25) is 0 Å². The summed E-state index contributed by atoms with van der Waals surface area (Å²) in [5, 5.41) is 0. The molecule has 0 aliphatic carbocycles. The van der Waals surface area contributed by atoms with Crippen molar-refractivity contribution in [3.05, 3.63) is 20.3 Å². The lowest BCUT2D eigenvalue weighted by atomic mass is 10.1. The van der Waals surface area contributed by atoms with E-state index in [0.717, 1.165) is 20.7 Å². The zero-order chi connectivity index (χ0) is 9.84. The molecule has 0 radical (unpaired) electrons. The van der Waals surface area contributed by atoms with Gasteiger partial charge in [-0.05, 0) is 18.1 Å². The maximum absolute atomic E-state index is 6.02. The quantitative estimate of drug-likeness (QED) is 0.628. The van der Waals surface area contributed by atoms with Gasteiger partial charge in [-0.25, -0.2) is 0 Å². The molecule has 1 unspecified atom stereocenters. The Morgan fingerprint density at radius 3 is 2.69 bits per heavy atom. The minimum Gasteiger partial charge on any atom is -0.111 e. The van der Waals surface area contributed by atoms with Gasteiger partial charge < -0.3 is 0 Å². The first-order valence-electron chi connectivity index (χ1n) is 4.24. The number of alkyl halides is 1. The number of rotatable bonds is 4. The highest BCUT2D eigenvalue weighted by Crippen LogP contribution is 2.40. The number of halogens is 3. The highest BCUT2D eigenvalue weighted by molar-refractivity contribution is 9.09. The molecule has 0 saturated heterocycles. The Kier molecular flexibility index (Phi) is 5.09. The van der Waals surface area contributed by atoms with Crippen LogP contribution in [0.25, 0.3) is 0 Å². The molecule has 1 aromatic rings. The van der Waals surface area contributed by atoms with E-state index in [-0.39, 0.29) is 0 Å². The molecule has 13 heavy (non-hydrogen) atoms. The molecule has 0 spiro atoms. The normalized spacial score (nSPS) is 13.2. The van der Waals surface area contributed by atoms with Crippen LogP contribution in [0.1, 0.15) is 36.6 Å². The first kappa shape index (κ1) is 11.8. The van der Waals surface area contributed by atoms with E-state index in [4.69, 9.17) is 23.2 Å². The van der Waals surface area contributed by atoms with Gasteiger partial charge in [0, 0.05) is 4.83 Å². The van der Waals surface area contributed by atoms with E-state index in [1.165, 1.54) is 24.2 Å². The Hall–Kier alpha value is 0.760. The minimum absolute atomic E-state index is 0.351. The molecule has 0 aromatic carbocycles. The molecule has 0 aliphatic rings. The molecule has 0 fully saturated rings. The van der Waals surface area contributed by atoms with E-state index >= 15 is 0 Å². The van der Waals surface area contributed by atoms with Crippen LogP contribution < -0.4 is 0 Å². The average Bonchev–Trinajstić information content (AvgIpc) is 2.41. The van der Waals surface area contributed by atoms with Crippen molar-refractivity contribution in [2.45, 2.75) is 31.0 Å². The van der Waals surface area contributed by atoms with Gasteiger partial charge in [-0.1, -0.05) is 58.9 Å². The van der Waals surface area contributed by atoms with Gasteiger partial charge >= 0.3 is 0 Å². The first-order valence-corrected chi connectivity index (χ1v) is 6.72. The third-order valence-electron chi connectivity index (χ3n) is 1.83. The predicted molar refractivity (Wildman–Crippen MR) is 65.5 cm³/mol. The summed E-state index contributed by atoms with van der Waals surface area (Å²) in [7, 11) is 0. The molecule has 0 N–H and O–H groups in total. The predicted octanol–water partition coefficient (Wildman–Crippen LogP) is 5.68. The molecule has 0 amide bonds. The van der Waals surface area contributed by atoms with Gasteiger partial charge in [0.2, 0.25) is 0 Å². The topological polar surface area (TPSA) is 0 Å². The fraction of sp³-hybridized carbons (Fsp3) is 0.556. The summed E-state index contributed by atoms with van der Waals surface area (Å²) < 4.78 is 1.57. The number of thiophene rings is 1.